The fourth-order valence-electron chi connectivity index (χ4n) is 5.98. The smallest absolute Gasteiger partial charge is 0.323 e. The molecule has 3 aliphatic heterocycles. The lowest BCUT2D eigenvalue weighted by molar-refractivity contribution is 0.0663. The first-order valence-electron chi connectivity index (χ1n) is 15.5. The fourth-order valence-corrected chi connectivity index (χ4v) is 5.98. The highest BCUT2D eigenvalue weighted by molar-refractivity contribution is 6.00. The number of likely N-dealkylation sites (tertiary alicyclic amines) is 1. The molecule has 6 rings (SSSR count). The summed E-state index contributed by atoms with van der Waals surface area (Å²) in [6.07, 6.45) is 1.91. The molecule has 238 valence electrons. The van der Waals surface area contributed by atoms with Gasteiger partial charge < -0.3 is 34.8 Å². The molecular weight excluding hydrogens is 574 g/mol. The number of anilines is 4. The summed E-state index contributed by atoms with van der Waals surface area (Å²) in [5.74, 6) is 1.77. The van der Waals surface area contributed by atoms with E-state index in [1.807, 2.05) is 29.2 Å². The minimum atomic E-state index is -0.628. The van der Waals surface area contributed by atoms with Crippen LogP contribution in [-0.2, 0) is 9.47 Å². The Balaban J connectivity index is 1.21. The maximum absolute atomic E-state index is 13.2. The van der Waals surface area contributed by atoms with Crippen molar-refractivity contribution < 1.29 is 19.1 Å². The van der Waals surface area contributed by atoms with E-state index in [1.54, 1.807) is 24.3 Å². The van der Waals surface area contributed by atoms with Gasteiger partial charge in [-0.05, 0) is 75.5 Å². The Morgan fingerprint density at radius 2 is 1.22 bits per heavy atom. The Labute approximate surface area is 263 Å². The van der Waals surface area contributed by atoms with E-state index in [2.05, 4.69) is 28.8 Å². The number of hydrogen-bond acceptors (Lipinski definition) is 10. The van der Waals surface area contributed by atoms with Crippen LogP contribution in [0.4, 0.5) is 28.1 Å². The average molecular weight is 616 g/mol. The van der Waals surface area contributed by atoms with Crippen molar-refractivity contribution in [1.29, 1.82) is 0 Å². The van der Waals surface area contributed by atoms with Gasteiger partial charge in [0.1, 0.15) is 0 Å². The summed E-state index contributed by atoms with van der Waals surface area (Å²) in [7, 11) is 4.16. The minimum Gasteiger partial charge on any atom is -0.378 e. The number of piperidine rings is 1. The molecule has 0 radical (unpaired) electrons. The van der Waals surface area contributed by atoms with Crippen molar-refractivity contribution in [2.45, 2.75) is 18.9 Å². The first kappa shape index (κ1) is 30.7. The molecule has 3 aliphatic rings. The van der Waals surface area contributed by atoms with Crippen molar-refractivity contribution in [3.8, 4) is 11.4 Å². The second kappa shape index (κ2) is 13.8. The molecular formula is C32H41N9O4. The SMILES string of the molecule is CN(C)C1CCN(C(=O)c2ccc(N(C(N)=O)c3ccc(-c4nc(N5CCOCC5)nc(N5CCOCC5)n4)cc3)cc2)CC1. The maximum Gasteiger partial charge on any atom is 0.323 e. The number of morpholine rings is 2. The molecule has 0 unspecified atom stereocenters. The van der Waals surface area contributed by atoms with Gasteiger partial charge in [0.25, 0.3) is 5.91 Å². The average Bonchev–Trinajstić information content (AvgIpc) is 3.09. The van der Waals surface area contributed by atoms with Crippen molar-refractivity contribution in [2.24, 2.45) is 5.73 Å². The van der Waals surface area contributed by atoms with Crippen LogP contribution in [0.3, 0.4) is 0 Å². The van der Waals surface area contributed by atoms with Gasteiger partial charge in [0.05, 0.1) is 37.8 Å². The summed E-state index contributed by atoms with van der Waals surface area (Å²) < 4.78 is 11.1. The Morgan fingerprint density at radius 3 is 1.69 bits per heavy atom. The summed E-state index contributed by atoms with van der Waals surface area (Å²) in [5.41, 5.74) is 8.38. The van der Waals surface area contributed by atoms with Crippen molar-refractivity contribution in [3.63, 3.8) is 0 Å². The zero-order valence-electron chi connectivity index (χ0n) is 26.0. The largest absolute Gasteiger partial charge is 0.378 e. The summed E-state index contributed by atoms with van der Waals surface area (Å²) in [5, 5.41) is 0. The van der Waals surface area contributed by atoms with Gasteiger partial charge >= 0.3 is 6.03 Å². The lowest BCUT2D eigenvalue weighted by atomic mass is 10.0. The van der Waals surface area contributed by atoms with E-state index in [0.29, 0.717) is 93.3 Å². The van der Waals surface area contributed by atoms with E-state index in [-0.39, 0.29) is 5.91 Å². The van der Waals surface area contributed by atoms with Crippen molar-refractivity contribution >= 4 is 35.2 Å². The van der Waals surface area contributed by atoms with Crippen LogP contribution >= 0.6 is 0 Å². The molecule has 13 nitrogen and oxygen atoms in total. The van der Waals surface area contributed by atoms with Crippen molar-refractivity contribution in [1.82, 2.24) is 24.8 Å². The highest BCUT2D eigenvalue weighted by atomic mass is 16.5. The number of carbonyl (C=O) groups is 2. The highest BCUT2D eigenvalue weighted by Crippen LogP contribution is 2.29. The normalized spacial score (nSPS) is 17.9. The lowest BCUT2D eigenvalue weighted by Crippen LogP contribution is -2.44. The van der Waals surface area contributed by atoms with Crippen LogP contribution in [-0.4, -0.2) is 123 Å². The molecule has 1 aromatic heterocycles. The monoisotopic (exact) mass is 615 g/mol. The molecule has 45 heavy (non-hydrogen) atoms. The Bertz CT molecular complexity index is 1430. The van der Waals surface area contributed by atoms with Gasteiger partial charge in [-0.3, -0.25) is 9.69 Å². The molecule has 3 fully saturated rings. The van der Waals surface area contributed by atoms with Crippen LogP contribution in [0.1, 0.15) is 23.2 Å². The van der Waals surface area contributed by atoms with E-state index in [4.69, 9.17) is 30.2 Å². The van der Waals surface area contributed by atoms with Gasteiger partial charge in [0, 0.05) is 56.4 Å². The summed E-state index contributed by atoms with van der Waals surface area (Å²) in [6, 6.07) is 14.3. The molecule has 0 aliphatic carbocycles. The molecule has 2 N–H and O–H groups in total. The molecule has 0 atom stereocenters. The molecule has 3 saturated heterocycles. The van der Waals surface area contributed by atoms with Gasteiger partial charge in [0.15, 0.2) is 5.82 Å². The molecule has 4 heterocycles. The van der Waals surface area contributed by atoms with Crippen LogP contribution in [0.2, 0.25) is 0 Å². The van der Waals surface area contributed by atoms with E-state index in [9.17, 15) is 9.59 Å². The highest BCUT2D eigenvalue weighted by Gasteiger charge is 2.26. The number of carbonyl (C=O) groups excluding carboxylic acids is 2. The first-order chi connectivity index (χ1) is 21.9. The van der Waals surface area contributed by atoms with E-state index in [0.717, 1.165) is 31.5 Å². The van der Waals surface area contributed by atoms with Crippen molar-refractivity contribution in [3.05, 3.63) is 54.1 Å². The molecule has 3 amide bonds. The number of benzene rings is 2. The zero-order chi connectivity index (χ0) is 31.3. The maximum atomic E-state index is 13.2. The Kier molecular flexibility index (Phi) is 9.38. The second-order valence-electron chi connectivity index (χ2n) is 11.7. The predicted molar refractivity (Wildman–Crippen MR) is 172 cm³/mol. The van der Waals surface area contributed by atoms with Crippen LogP contribution in [0, 0.1) is 0 Å². The number of ether oxygens (including phenoxy) is 2. The Hall–Kier alpha value is -4.33. The van der Waals surface area contributed by atoms with Crippen molar-refractivity contribution in [2.75, 3.05) is 94.5 Å². The standard InChI is InChI=1S/C32H41N9O4/c1-37(2)25-11-13-38(14-12-25)29(42)24-5-9-27(10-6-24)41(30(33)43)26-7-3-23(4-8-26)28-34-31(39-15-19-44-20-16-39)36-32(35-28)40-17-21-45-22-18-40/h3-10,25H,11-22H2,1-2H3,(H2,33,43). The number of nitrogens with two attached hydrogens (primary N) is 1. The molecule has 0 saturated carbocycles. The molecule has 3 aromatic rings. The minimum absolute atomic E-state index is 0.000943. The van der Waals surface area contributed by atoms with Crippen LogP contribution in [0.5, 0.6) is 0 Å². The number of rotatable bonds is 7. The summed E-state index contributed by atoms with van der Waals surface area (Å²) >= 11 is 0. The summed E-state index contributed by atoms with van der Waals surface area (Å²) in [6.45, 7) is 6.77. The molecule has 0 spiro atoms. The number of aromatic nitrogens is 3. The van der Waals surface area contributed by atoms with Gasteiger partial charge in [-0.2, -0.15) is 15.0 Å². The predicted octanol–water partition coefficient (Wildman–Crippen LogP) is 2.59. The third kappa shape index (κ3) is 7.00. The molecule has 0 bridgehead atoms. The fraction of sp³-hybridized carbons (Fsp3) is 0.469. The quantitative estimate of drug-likeness (QED) is 0.423. The van der Waals surface area contributed by atoms with Gasteiger partial charge in [-0.15, -0.1) is 0 Å². The third-order valence-corrected chi connectivity index (χ3v) is 8.66. The third-order valence-electron chi connectivity index (χ3n) is 8.66. The van der Waals surface area contributed by atoms with E-state index in [1.165, 1.54) is 4.90 Å². The number of urea groups is 1. The first-order valence-corrected chi connectivity index (χ1v) is 15.5. The van der Waals surface area contributed by atoms with E-state index < -0.39 is 6.03 Å². The van der Waals surface area contributed by atoms with E-state index >= 15 is 0 Å². The number of hydrogen-bond donors (Lipinski definition) is 1. The Morgan fingerprint density at radius 1 is 0.733 bits per heavy atom. The zero-order valence-corrected chi connectivity index (χ0v) is 26.0. The van der Waals surface area contributed by atoms with Gasteiger partial charge in [-0.1, -0.05) is 0 Å². The van der Waals surface area contributed by atoms with Gasteiger partial charge in [-0.25, -0.2) is 4.79 Å². The van der Waals surface area contributed by atoms with Crippen LogP contribution < -0.4 is 20.4 Å². The summed E-state index contributed by atoms with van der Waals surface area (Å²) in [4.78, 5) is 50.0. The van der Waals surface area contributed by atoms with Crippen LogP contribution in [0.15, 0.2) is 48.5 Å². The topological polar surface area (TPSA) is 133 Å². The number of primary amides is 1. The number of nitrogens with zero attached hydrogens (tertiary/aromatic N) is 8. The lowest BCUT2D eigenvalue weighted by Gasteiger charge is -2.35. The van der Waals surface area contributed by atoms with Gasteiger partial charge in [0.2, 0.25) is 11.9 Å². The molecule has 2 aromatic carbocycles. The molecule has 13 heteroatoms. The second-order valence-corrected chi connectivity index (χ2v) is 11.7. The number of amides is 3. The van der Waals surface area contributed by atoms with Crippen LogP contribution in [0.25, 0.3) is 11.4 Å².